The van der Waals surface area contributed by atoms with Crippen LogP contribution in [0.4, 0.5) is 0 Å². The fraction of sp³-hybridized carbons (Fsp3) is 0.167. The predicted octanol–water partition coefficient (Wildman–Crippen LogP) is 2.78. The number of fused-ring (bicyclic) bond motifs is 1. The summed E-state index contributed by atoms with van der Waals surface area (Å²) in [5, 5.41) is 11.3. The lowest BCUT2D eigenvalue weighted by Gasteiger charge is -2.17. The zero-order valence-corrected chi connectivity index (χ0v) is 10.1. The van der Waals surface area contributed by atoms with E-state index in [1.54, 1.807) is 18.2 Å². The van der Waals surface area contributed by atoms with Crippen LogP contribution in [-0.2, 0) is 4.57 Å². The van der Waals surface area contributed by atoms with Crippen LogP contribution in [0.1, 0.15) is 18.1 Å². The van der Waals surface area contributed by atoms with E-state index in [0.717, 1.165) is 5.39 Å². The van der Waals surface area contributed by atoms with Crippen LogP contribution in [0.3, 0.4) is 0 Å². The summed E-state index contributed by atoms with van der Waals surface area (Å²) in [7, 11) is -4.27. The second-order valence-corrected chi connectivity index (χ2v) is 5.94. The molecule has 17 heavy (non-hydrogen) atoms. The molecule has 3 N–H and O–H groups in total. The van der Waals surface area contributed by atoms with E-state index in [1.165, 1.54) is 13.0 Å². The van der Waals surface area contributed by atoms with Crippen LogP contribution in [0, 0.1) is 0 Å². The van der Waals surface area contributed by atoms with Crippen LogP contribution in [0.25, 0.3) is 10.8 Å². The van der Waals surface area contributed by atoms with Crippen molar-refractivity contribution in [1.82, 2.24) is 0 Å². The first kappa shape index (κ1) is 12.1. The Bertz CT molecular complexity index is 602. The molecule has 0 aliphatic carbocycles. The van der Waals surface area contributed by atoms with Gasteiger partial charge in [-0.2, -0.15) is 0 Å². The minimum Gasteiger partial charge on any atom is -0.508 e. The van der Waals surface area contributed by atoms with Gasteiger partial charge < -0.3 is 14.9 Å². The number of phenolic OH excluding ortho intramolecular Hbond substituents is 1. The summed E-state index contributed by atoms with van der Waals surface area (Å²) in [5.74, 6) is -0.0838. The summed E-state index contributed by atoms with van der Waals surface area (Å²) in [6.07, 6.45) is 0. The molecule has 0 radical (unpaired) electrons. The molecule has 0 saturated carbocycles. The Morgan fingerprint density at radius 3 is 2.41 bits per heavy atom. The summed E-state index contributed by atoms with van der Waals surface area (Å²) >= 11 is 0. The van der Waals surface area contributed by atoms with Gasteiger partial charge in [0.2, 0.25) is 0 Å². The fourth-order valence-electron chi connectivity index (χ4n) is 1.89. The molecule has 1 atom stereocenters. The molecule has 0 saturated heterocycles. The fourth-order valence-corrected chi connectivity index (χ4v) is 2.50. The molecule has 2 rings (SSSR count). The van der Waals surface area contributed by atoms with Crippen molar-refractivity contribution in [3.8, 4) is 5.75 Å². The average Bonchev–Trinajstić information content (AvgIpc) is 2.27. The van der Waals surface area contributed by atoms with E-state index in [4.69, 9.17) is 0 Å². The lowest BCUT2D eigenvalue weighted by Crippen LogP contribution is -1.96. The molecule has 2 aromatic rings. The Kier molecular flexibility index (Phi) is 2.96. The van der Waals surface area contributed by atoms with Crippen LogP contribution in [-0.4, -0.2) is 14.9 Å². The third-order valence-electron chi connectivity index (χ3n) is 2.87. The molecule has 0 amide bonds. The Morgan fingerprint density at radius 2 is 1.76 bits per heavy atom. The summed E-state index contributed by atoms with van der Waals surface area (Å²) in [6, 6.07) is 10.4. The van der Waals surface area contributed by atoms with Crippen molar-refractivity contribution < 1.29 is 19.5 Å². The largest absolute Gasteiger partial charge is 0.508 e. The third kappa shape index (κ3) is 2.20. The Balaban J connectivity index is 2.75. The van der Waals surface area contributed by atoms with E-state index in [0.29, 0.717) is 10.9 Å². The van der Waals surface area contributed by atoms with Gasteiger partial charge in [-0.25, -0.2) is 0 Å². The van der Waals surface area contributed by atoms with Crippen LogP contribution >= 0.6 is 7.60 Å². The van der Waals surface area contributed by atoms with E-state index >= 15 is 0 Å². The maximum Gasteiger partial charge on any atom is 0.332 e. The highest BCUT2D eigenvalue weighted by Crippen LogP contribution is 2.54. The summed E-state index contributed by atoms with van der Waals surface area (Å²) < 4.78 is 11.3. The second-order valence-electron chi connectivity index (χ2n) is 3.98. The molecule has 0 aliphatic heterocycles. The van der Waals surface area contributed by atoms with Gasteiger partial charge in [0.15, 0.2) is 0 Å². The van der Waals surface area contributed by atoms with Crippen molar-refractivity contribution in [3.63, 3.8) is 0 Å². The first-order valence-electron chi connectivity index (χ1n) is 5.17. The van der Waals surface area contributed by atoms with Crippen molar-refractivity contribution in [2.75, 3.05) is 0 Å². The van der Waals surface area contributed by atoms with Crippen molar-refractivity contribution in [1.29, 1.82) is 0 Å². The Hall–Kier alpha value is -1.35. The molecule has 0 fully saturated rings. The smallest absolute Gasteiger partial charge is 0.332 e. The Morgan fingerprint density at radius 1 is 1.12 bits per heavy atom. The summed E-state index contributed by atoms with van der Waals surface area (Å²) in [4.78, 5) is 18.4. The van der Waals surface area contributed by atoms with E-state index in [-0.39, 0.29) is 5.75 Å². The van der Waals surface area contributed by atoms with E-state index in [1.807, 2.05) is 12.1 Å². The maximum atomic E-state index is 11.3. The van der Waals surface area contributed by atoms with E-state index in [2.05, 4.69) is 0 Å². The molecule has 1 unspecified atom stereocenters. The van der Waals surface area contributed by atoms with Gasteiger partial charge in [-0.05, 0) is 23.8 Å². The van der Waals surface area contributed by atoms with Crippen molar-refractivity contribution in [2.24, 2.45) is 0 Å². The topological polar surface area (TPSA) is 77.8 Å². The first-order valence-corrected chi connectivity index (χ1v) is 6.85. The van der Waals surface area contributed by atoms with Crippen molar-refractivity contribution in [2.45, 2.75) is 12.6 Å². The third-order valence-corrected chi connectivity index (χ3v) is 4.14. The maximum absolute atomic E-state index is 11.3. The SMILES string of the molecule is CC(c1c(O)ccc2ccccc12)P(=O)(O)O. The molecule has 0 heterocycles. The number of aromatic hydroxyl groups is 1. The normalized spacial score (nSPS) is 13.8. The highest BCUT2D eigenvalue weighted by molar-refractivity contribution is 7.52. The summed E-state index contributed by atoms with van der Waals surface area (Å²) in [6.45, 7) is 1.42. The molecule has 2 aromatic carbocycles. The van der Waals surface area contributed by atoms with Crippen LogP contribution in [0.15, 0.2) is 36.4 Å². The highest BCUT2D eigenvalue weighted by Gasteiger charge is 2.29. The quantitative estimate of drug-likeness (QED) is 0.718. The van der Waals surface area contributed by atoms with Gasteiger partial charge >= 0.3 is 7.60 Å². The standard InChI is InChI=1S/C12H13O4P/c1-8(17(14,15)16)12-10-5-3-2-4-9(10)6-7-11(12)13/h2-8,13H,1H3,(H2,14,15,16). The zero-order chi connectivity index (χ0) is 12.6. The predicted molar refractivity (Wildman–Crippen MR) is 66.1 cm³/mol. The lowest BCUT2D eigenvalue weighted by molar-refractivity contribution is 0.359. The van der Waals surface area contributed by atoms with Crippen LogP contribution in [0.2, 0.25) is 0 Å². The number of phenols is 1. The summed E-state index contributed by atoms with van der Waals surface area (Å²) in [5.41, 5.74) is -0.718. The monoisotopic (exact) mass is 252 g/mol. The molecule has 0 spiro atoms. The molecule has 0 aromatic heterocycles. The first-order chi connectivity index (χ1) is 7.91. The molecule has 0 bridgehead atoms. The molecular weight excluding hydrogens is 239 g/mol. The van der Waals surface area contributed by atoms with Gasteiger partial charge in [-0.15, -0.1) is 0 Å². The average molecular weight is 252 g/mol. The minimum absolute atomic E-state index is 0.0838. The van der Waals surface area contributed by atoms with Gasteiger partial charge in [0.25, 0.3) is 0 Å². The van der Waals surface area contributed by atoms with Gasteiger partial charge in [0.05, 0.1) is 5.66 Å². The number of benzene rings is 2. The Labute approximate surface area is 98.7 Å². The number of rotatable bonds is 2. The van der Waals surface area contributed by atoms with Crippen LogP contribution in [0.5, 0.6) is 5.75 Å². The molecular formula is C12H13O4P. The van der Waals surface area contributed by atoms with Crippen molar-refractivity contribution >= 4 is 18.4 Å². The number of hydrogen-bond donors (Lipinski definition) is 3. The van der Waals surface area contributed by atoms with Gasteiger partial charge in [0.1, 0.15) is 5.75 Å². The highest BCUT2D eigenvalue weighted by atomic mass is 31.2. The van der Waals surface area contributed by atoms with Gasteiger partial charge in [-0.1, -0.05) is 30.3 Å². The van der Waals surface area contributed by atoms with E-state index < -0.39 is 13.3 Å². The lowest BCUT2D eigenvalue weighted by atomic mass is 10.0. The molecule has 5 heteroatoms. The molecule has 90 valence electrons. The van der Waals surface area contributed by atoms with Crippen molar-refractivity contribution in [3.05, 3.63) is 42.0 Å². The molecule has 4 nitrogen and oxygen atoms in total. The number of hydrogen-bond acceptors (Lipinski definition) is 2. The van der Waals surface area contributed by atoms with Gasteiger partial charge in [-0.3, -0.25) is 4.57 Å². The van der Waals surface area contributed by atoms with Crippen LogP contribution < -0.4 is 0 Å². The van der Waals surface area contributed by atoms with E-state index in [9.17, 15) is 19.5 Å². The zero-order valence-electron chi connectivity index (χ0n) is 9.24. The van der Waals surface area contributed by atoms with Gasteiger partial charge in [0, 0.05) is 5.56 Å². The molecule has 0 aliphatic rings. The minimum atomic E-state index is -4.27. The second kappa shape index (κ2) is 4.15.